The van der Waals surface area contributed by atoms with Gasteiger partial charge >= 0.3 is 0 Å². The molecule has 5 rings (SSSR count). The van der Waals surface area contributed by atoms with Gasteiger partial charge in [0, 0.05) is 42.9 Å². The molecule has 1 N–H and O–H groups in total. The fourth-order valence-electron chi connectivity index (χ4n) is 4.77. The van der Waals surface area contributed by atoms with Gasteiger partial charge in [-0.1, -0.05) is 35.3 Å². The fourth-order valence-corrected chi connectivity index (χ4v) is 5.06. The van der Waals surface area contributed by atoms with Crippen molar-refractivity contribution in [3.05, 3.63) is 93.6 Å². The van der Waals surface area contributed by atoms with Crippen LogP contribution in [0, 0.1) is 0 Å². The molecule has 4 aromatic rings. The van der Waals surface area contributed by atoms with Gasteiger partial charge in [-0.3, -0.25) is 19.5 Å². The van der Waals surface area contributed by atoms with Crippen LogP contribution >= 0.6 is 23.2 Å². The maximum absolute atomic E-state index is 12.7. The third kappa shape index (κ3) is 5.57. The van der Waals surface area contributed by atoms with E-state index in [1.54, 1.807) is 55.8 Å². The lowest BCUT2D eigenvalue weighted by Crippen LogP contribution is -2.31. The molecule has 1 aliphatic rings. The van der Waals surface area contributed by atoms with E-state index >= 15 is 0 Å². The summed E-state index contributed by atoms with van der Waals surface area (Å²) in [7, 11) is 1.63. The minimum absolute atomic E-state index is 0.0441. The number of aromatic nitrogens is 1. The summed E-state index contributed by atoms with van der Waals surface area (Å²) in [5.41, 5.74) is 3.37. The number of pyridine rings is 1. The van der Waals surface area contributed by atoms with E-state index in [0.717, 1.165) is 28.6 Å². The lowest BCUT2D eigenvalue weighted by Gasteiger charge is -2.21. The number of methoxy groups -OCH3 is 1. The molecule has 2 amide bonds. The first-order chi connectivity index (χ1) is 18.9. The highest BCUT2D eigenvalue weighted by atomic mass is 35.5. The molecule has 0 radical (unpaired) electrons. The molecule has 0 spiro atoms. The maximum atomic E-state index is 12.7. The molecule has 3 aromatic carbocycles. The summed E-state index contributed by atoms with van der Waals surface area (Å²) < 4.78 is 11.8. The van der Waals surface area contributed by atoms with Crippen molar-refractivity contribution in [2.75, 3.05) is 19.0 Å². The van der Waals surface area contributed by atoms with Crippen LogP contribution in [0.4, 0.5) is 5.69 Å². The quantitative estimate of drug-likeness (QED) is 0.203. The fraction of sp³-hybridized carbons (Fsp3) is 0.233. The summed E-state index contributed by atoms with van der Waals surface area (Å²) in [6, 6.07) is 17.9. The van der Waals surface area contributed by atoms with Gasteiger partial charge in [0.15, 0.2) is 0 Å². The summed E-state index contributed by atoms with van der Waals surface area (Å²) in [5, 5.41) is 5.22. The second-order valence-corrected chi connectivity index (χ2v) is 10.2. The first-order valence-corrected chi connectivity index (χ1v) is 13.4. The highest BCUT2D eigenvalue weighted by Gasteiger charge is 2.34. The number of rotatable bonds is 10. The van der Waals surface area contributed by atoms with Crippen molar-refractivity contribution < 1.29 is 19.1 Å². The Morgan fingerprint density at radius 2 is 1.72 bits per heavy atom. The molecule has 9 heteroatoms. The molecule has 0 fully saturated rings. The normalized spacial score (nSPS) is 13.6. The van der Waals surface area contributed by atoms with Gasteiger partial charge in [-0.15, -0.1) is 0 Å². The van der Waals surface area contributed by atoms with Crippen LogP contribution in [-0.4, -0.2) is 41.4 Å². The molecule has 0 aliphatic carbocycles. The number of halogens is 2. The average Bonchev–Trinajstić information content (AvgIpc) is 3.18. The Morgan fingerprint density at radius 3 is 2.41 bits per heavy atom. The predicted octanol–water partition coefficient (Wildman–Crippen LogP) is 7.36. The van der Waals surface area contributed by atoms with Crippen molar-refractivity contribution in [2.24, 2.45) is 0 Å². The molecule has 1 atom stereocenters. The van der Waals surface area contributed by atoms with E-state index in [1.807, 2.05) is 18.2 Å². The SMILES string of the molecule is COCc1cc(NC(C)CCCN2C(=O)c3ccccc3C2=O)c2ncccc2c1Oc1ccc(Cl)c(Cl)c1. The summed E-state index contributed by atoms with van der Waals surface area (Å²) in [4.78, 5) is 31.3. The number of carbonyl (C=O) groups is 2. The monoisotopic (exact) mass is 563 g/mol. The van der Waals surface area contributed by atoms with Crippen LogP contribution in [0.5, 0.6) is 11.5 Å². The van der Waals surface area contributed by atoms with E-state index in [4.69, 9.17) is 32.7 Å². The Balaban J connectivity index is 1.33. The Morgan fingerprint density at radius 1 is 0.974 bits per heavy atom. The number of ether oxygens (including phenoxy) is 2. The van der Waals surface area contributed by atoms with Crippen LogP contribution in [0.15, 0.2) is 66.9 Å². The minimum atomic E-state index is -0.229. The summed E-state index contributed by atoms with van der Waals surface area (Å²) in [5.74, 6) is 0.720. The van der Waals surface area contributed by atoms with Crippen molar-refractivity contribution in [3.8, 4) is 11.5 Å². The zero-order valence-electron chi connectivity index (χ0n) is 21.5. The van der Waals surface area contributed by atoms with E-state index in [1.165, 1.54) is 4.90 Å². The molecule has 7 nitrogen and oxygen atoms in total. The first kappa shape index (κ1) is 26.9. The molecule has 1 aliphatic heterocycles. The Labute approximate surface area is 236 Å². The van der Waals surface area contributed by atoms with E-state index in [0.29, 0.717) is 52.2 Å². The van der Waals surface area contributed by atoms with Crippen LogP contribution in [0.1, 0.15) is 46.0 Å². The minimum Gasteiger partial charge on any atom is -0.456 e. The van der Waals surface area contributed by atoms with Crippen molar-refractivity contribution >= 4 is 51.6 Å². The highest BCUT2D eigenvalue weighted by molar-refractivity contribution is 6.42. The lowest BCUT2D eigenvalue weighted by molar-refractivity contribution is 0.0651. The van der Waals surface area contributed by atoms with Gasteiger partial charge in [0.1, 0.15) is 11.5 Å². The Bertz CT molecular complexity index is 1520. The van der Waals surface area contributed by atoms with Crippen LogP contribution in [0.2, 0.25) is 10.0 Å². The second kappa shape index (κ2) is 11.6. The first-order valence-electron chi connectivity index (χ1n) is 12.6. The molecular weight excluding hydrogens is 537 g/mol. The van der Waals surface area contributed by atoms with Gasteiger partial charge in [0.05, 0.1) is 39.0 Å². The molecule has 0 saturated carbocycles. The number of fused-ring (bicyclic) bond motifs is 2. The molecule has 39 heavy (non-hydrogen) atoms. The Kier molecular flexibility index (Phi) is 8.02. The number of hydrogen-bond donors (Lipinski definition) is 1. The smallest absolute Gasteiger partial charge is 0.261 e. The summed E-state index contributed by atoms with van der Waals surface area (Å²) in [6.45, 7) is 2.75. The van der Waals surface area contributed by atoms with Gasteiger partial charge in [0.2, 0.25) is 0 Å². The van der Waals surface area contributed by atoms with Gasteiger partial charge in [-0.05, 0) is 62.2 Å². The summed E-state index contributed by atoms with van der Waals surface area (Å²) in [6.07, 6.45) is 3.14. The zero-order valence-corrected chi connectivity index (χ0v) is 23.1. The largest absolute Gasteiger partial charge is 0.456 e. The van der Waals surface area contributed by atoms with Crippen LogP contribution < -0.4 is 10.1 Å². The molecule has 200 valence electrons. The van der Waals surface area contributed by atoms with E-state index in [-0.39, 0.29) is 17.9 Å². The van der Waals surface area contributed by atoms with Crippen molar-refractivity contribution in [3.63, 3.8) is 0 Å². The van der Waals surface area contributed by atoms with Crippen LogP contribution in [-0.2, 0) is 11.3 Å². The van der Waals surface area contributed by atoms with Gasteiger partial charge in [0.25, 0.3) is 11.8 Å². The topological polar surface area (TPSA) is 80.8 Å². The lowest BCUT2D eigenvalue weighted by atomic mass is 10.1. The third-order valence-electron chi connectivity index (χ3n) is 6.63. The van der Waals surface area contributed by atoms with Crippen molar-refractivity contribution in [1.82, 2.24) is 9.88 Å². The Hall–Kier alpha value is -3.65. The number of nitrogens with zero attached hydrogens (tertiary/aromatic N) is 2. The summed E-state index contributed by atoms with van der Waals surface area (Å²) >= 11 is 12.3. The third-order valence-corrected chi connectivity index (χ3v) is 7.37. The zero-order chi connectivity index (χ0) is 27.5. The van der Waals surface area contributed by atoms with E-state index < -0.39 is 0 Å². The number of amides is 2. The van der Waals surface area contributed by atoms with Gasteiger partial charge in [-0.2, -0.15) is 0 Å². The van der Waals surface area contributed by atoms with E-state index in [2.05, 4.69) is 17.2 Å². The predicted molar refractivity (Wildman–Crippen MR) is 153 cm³/mol. The van der Waals surface area contributed by atoms with Crippen LogP contribution in [0.3, 0.4) is 0 Å². The molecule has 1 unspecified atom stereocenters. The molecule has 2 heterocycles. The molecular formula is C30H27Cl2N3O4. The number of hydrogen-bond acceptors (Lipinski definition) is 6. The number of benzene rings is 3. The molecule has 0 saturated heterocycles. The number of carbonyl (C=O) groups excluding carboxylic acids is 2. The van der Waals surface area contributed by atoms with Gasteiger partial charge in [-0.25, -0.2) is 0 Å². The van der Waals surface area contributed by atoms with E-state index in [9.17, 15) is 9.59 Å². The number of nitrogens with one attached hydrogen (secondary N) is 1. The number of anilines is 1. The maximum Gasteiger partial charge on any atom is 0.261 e. The van der Waals surface area contributed by atoms with Gasteiger partial charge < -0.3 is 14.8 Å². The molecule has 0 bridgehead atoms. The highest BCUT2D eigenvalue weighted by Crippen LogP contribution is 2.39. The molecule has 1 aromatic heterocycles. The van der Waals surface area contributed by atoms with Crippen molar-refractivity contribution in [1.29, 1.82) is 0 Å². The number of imide groups is 1. The second-order valence-electron chi connectivity index (χ2n) is 9.42. The van der Waals surface area contributed by atoms with Crippen LogP contribution in [0.25, 0.3) is 10.9 Å². The van der Waals surface area contributed by atoms with Crippen molar-refractivity contribution in [2.45, 2.75) is 32.4 Å². The standard InChI is InChI=1S/C30H27Cl2N3O4/c1-18(7-6-14-35-29(36)21-8-3-4-9-22(21)30(35)37)34-26-15-19(17-38-2)28(23-10-5-13-33-27(23)26)39-20-11-12-24(31)25(32)16-20/h3-5,8-13,15-16,18,34H,6-7,14,17H2,1-2H3. The average molecular weight is 564 g/mol.